The van der Waals surface area contributed by atoms with Gasteiger partial charge in [0.15, 0.2) is 34.7 Å². The van der Waals surface area contributed by atoms with Gasteiger partial charge in [-0.05, 0) is 61.2 Å². The molecule has 5 rings (SSSR count). The van der Waals surface area contributed by atoms with E-state index in [1.54, 1.807) is 20.2 Å². The number of benzene rings is 2. The Morgan fingerprint density at radius 2 is 1.78 bits per heavy atom. The Kier molecular flexibility index (Phi) is 7.39. The van der Waals surface area contributed by atoms with Gasteiger partial charge in [0.1, 0.15) is 12.4 Å². The Balaban J connectivity index is 1.57. The lowest BCUT2D eigenvalue weighted by molar-refractivity contribution is -0.181. The van der Waals surface area contributed by atoms with E-state index in [0.717, 1.165) is 11.1 Å². The van der Waals surface area contributed by atoms with Gasteiger partial charge in [0.25, 0.3) is 0 Å². The largest absolute Gasteiger partial charge is 0.507 e. The number of phenols is 1. The number of ketones is 4. The van der Waals surface area contributed by atoms with E-state index in [-0.39, 0.29) is 30.7 Å². The average molecular weight is 566 g/mol. The minimum Gasteiger partial charge on any atom is -0.507 e. The van der Waals surface area contributed by atoms with Crippen molar-refractivity contribution >= 4 is 29.0 Å². The van der Waals surface area contributed by atoms with Gasteiger partial charge >= 0.3 is 0 Å². The van der Waals surface area contributed by atoms with E-state index in [2.05, 4.69) is 5.32 Å². The molecular formula is C30H32FN3O7. The Morgan fingerprint density at radius 1 is 1.10 bits per heavy atom. The van der Waals surface area contributed by atoms with Gasteiger partial charge in [0, 0.05) is 19.0 Å². The quantitative estimate of drug-likeness (QED) is 0.278. The van der Waals surface area contributed by atoms with E-state index in [0.29, 0.717) is 17.7 Å². The standard InChI is InChI=1S/C30H32FN3O7/c1-34(2)24-19-12-16-11-18-17(15-5-3-14(4-6-15)13-33-10-9-31)7-8-20(35)22(18)25(36)21(16)27(38)30(19,41)28(39)23(26(24)37)29(32)40/h3-8,16,19,21,23-24,33,35,41H,9-13H2,1-2H3,(H2,32,40)/t16-,19-,21?,23?,24-,30-/m0/s1. The SMILES string of the molecule is CN(C)[C@@H]1C(=O)C(C(N)=O)C(=O)[C@@]2(O)C(=O)C3C(=O)c4c(O)ccc(-c5ccc(CNCCF)cc5)c4C[C@H]3C[C@@H]12. The number of rotatable bonds is 7. The number of hydrogen-bond acceptors (Lipinski definition) is 9. The smallest absolute Gasteiger partial charge is 0.235 e. The lowest BCUT2D eigenvalue weighted by atomic mass is 9.52. The number of likely N-dealkylation sites (N-methyl/N-ethyl adjacent to an activating group) is 1. The molecule has 2 fully saturated rings. The number of nitrogens with zero attached hydrogens (tertiary/aromatic N) is 1. The van der Waals surface area contributed by atoms with Gasteiger partial charge < -0.3 is 21.3 Å². The Bertz CT molecular complexity index is 1460. The molecule has 2 aromatic carbocycles. The summed E-state index contributed by atoms with van der Waals surface area (Å²) in [6.45, 7) is 0.243. The summed E-state index contributed by atoms with van der Waals surface area (Å²) in [5, 5.41) is 25.4. The summed E-state index contributed by atoms with van der Waals surface area (Å²) < 4.78 is 12.4. The van der Waals surface area contributed by atoms with Crippen molar-refractivity contribution in [3.63, 3.8) is 0 Å². The van der Waals surface area contributed by atoms with Crippen LogP contribution in [0.2, 0.25) is 0 Å². The average Bonchev–Trinajstić information content (AvgIpc) is 2.91. The number of Topliss-reactive ketones (excluding diaryl/α,β-unsaturated/α-hetero) is 4. The molecule has 0 heterocycles. The molecule has 0 saturated heterocycles. The van der Waals surface area contributed by atoms with Crippen molar-refractivity contribution in [3.8, 4) is 16.9 Å². The number of aliphatic hydroxyl groups is 1. The van der Waals surface area contributed by atoms with Gasteiger partial charge in [-0.15, -0.1) is 0 Å². The number of nitrogens with one attached hydrogen (secondary N) is 1. The van der Waals surface area contributed by atoms with Gasteiger partial charge in [-0.3, -0.25) is 28.9 Å². The summed E-state index contributed by atoms with van der Waals surface area (Å²) >= 11 is 0. The number of halogens is 1. The predicted molar refractivity (Wildman–Crippen MR) is 144 cm³/mol. The summed E-state index contributed by atoms with van der Waals surface area (Å²) in [5.74, 6) is -10.8. The van der Waals surface area contributed by atoms with Crippen molar-refractivity contribution in [1.29, 1.82) is 0 Å². The first-order valence-electron chi connectivity index (χ1n) is 13.5. The van der Waals surface area contributed by atoms with Crippen LogP contribution in [0.1, 0.15) is 27.9 Å². The van der Waals surface area contributed by atoms with Crippen LogP contribution in [-0.2, 0) is 32.1 Å². The molecule has 1 amide bonds. The molecular weight excluding hydrogens is 533 g/mol. The lowest BCUT2D eigenvalue weighted by Crippen LogP contribution is -2.74. The highest BCUT2D eigenvalue weighted by atomic mass is 19.1. The van der Waals surface area contributed by atoms with Gasteiger partial charge in [0.05, 0.1) is 17.5 Å². The third kappa shape index (κ3) is 4.39. The first kappa shape index (κ1) is 28.7. The third-order valence-corrected chi connectivity index (χ3v) is 8.81. The first-order valence-corrected chi connectivity index (χ1v) is 13.5. The number of hydrogen-bond donors (Lipinski definition) is 4. The molecule has 0 radical (unpaired) electrons. The molecule has 5 N–H and O–H groups in total. The number of nitrogens with two attached hydrogens (primary N) is 1. The summed E-state index contributed by atoms with van der Waals surface area (Å²) in [5.41, 5.74) is 5.44. The second kappa shape index (κ2) is 10.6. The highest BCUT2D eigenvalue weighted by Crippen LogP contribution is 2.51. The molecule has 3 aliphatic rings. The summed E-state index contributed by atoms with van der Waals surface area (Å²) in [6.07, 6.45) is 0.160. The molecule has 2 unspecified atom stereocenters. The number of phenolic OH excluding ortho intramolecular Hbond substituents is 1. The van der Waals surface area contributed by atoms with E-state index < -0.39 is 71.0 Å². The number of aromatic hydroxyl groups is 1. The fourth-order valence-corrected chi connectivity index (χ4v) is 6.98. The molecule has 0 spiro atoms. The maximum atomic E-state index is 13.9. The highest BCUT2D eigenvalue weighted by Gasteiger charge is 2.69. The van der Waals surface area contributed by atoms with E-state index in [4.69, 9.17) is 5.73 Å². The summed E-state index contributed by atoms with van der Waals surface area (Å²) in [7, 11) is 3.09. The van der Waals surface area contributed by atoms with Crippen LogP contribution >= 0.6 is 0 Å². The minimum atomic E-state index is -2.75. The Hall–Kier alpha value is -3.80. The van der Waals surface area contributed by atoms with Crippen LogP contribution in [0.4, 0.5) is 4.39 Å². The van der Waals surface area contributed by atoms with Crippen molar-refractivity contribution in [1.82, 2.24) is 10.2 Å². The van der Waals surface area contributed by atoms with Crippen LogP contribution in [0.25, 0.3) is 11.1 Å². The van der Waals surface area contributed by atoms with Crippen LogP contribution in [0.5, 0.6) is 5.75 Å². The van der Waals surface area contributed by atoms with Gasteiger partial charge in [-0.1, -0.05) is 30.3 Å². The van der Waals surface area contributed by atoms with Crippen LogP contribution in [-0.4, -0.2) is 83.1 Å². The van der Waals surface area contributed by atoms with Gasteiger partial charge in [-0.2, -0.15) is 0 Å². The molecule has 2 saturated carbocycles. The number of amides is 1. The van der Waals surface area contributed by atoms with Gasteiger partial charge in [0.2, 0.25) is 5.91 Å². The fourth-order valence-electron chi connectivity index (χ4n) is 6.98. The number of fused-ring (bicyclic) bond motifs is 3. The molecule has 11 heteroatoms. The van der Waals surface area contributed by atoms with Gasteiger partial charge in [-0.25, -0.2) is 4.39 Å². The zero-order chi connectivity index (χ0) is 29.8. The fraction of sp³-hybridized carbons (Fsp3) is 0.433. The minimum absolute atomic E-state index is 0.0157. The molecule has 2 aromatic rings. The molecule has 41 heavy (non-hydrogen) atoms. The van der Waals surface area contributed by atoms with E-state index >= 15 is 0 Å². The lowest BCUT2D eigenvalue weighted by Gasteiger charge is -2.52. The molecule has 216 valence electrons. The van der Waals surface area contributed by atoms with E-state index in [1.807, 2.05) is 24.3 Å². The molecule has 0 aliphatic heterocycles. The van der Waals surface area contributed by atoms with Crippen molar-refractivity contribution < 1.29 is 38.6 Å². The van der Waals surface area contributed by atoms with E-state index in [1.165, 1.54) is 11.0 Å². The Morgan fingerprint density at radius 3 is 2.39 bits per heavy atom. The second-order valence-electron chi connectivity index (χ2n) is 11.3. The molecule has 0 aromatic heterocycles. The predicted octanol–water partition coefficient (Wildman–Crippen LogP) is 0.593. The molecule has 10 nitrogen and oxygen atoms in total. The van der Waals surface area contributed by atoms with Crippen LogP contribution < -0.4 is 11.1 Å². The van der Waals surface area contributed by atoms with Crippen LogP contribution in [0.15, 0.2) is 36.4 Å². The van der Waals surface area contributed by atoms with Crippen molar-refractivity contribution in [2.75, 3.05) is 27.3 Å². The molecule has 3 aliphatic carbocycles. The third-order valence-electron chi connectivity index (χ3n) is 8.81. The maximum Gasteiger partial charge on any atom is 0.235 e. The summed E-state index contributed by atoms with van der Waals surface area (Å²) in [4.78, 5) is 67.9. The zero-order valence-corrected chi connectivity index (χ0v) is 22.7. The monoisotopic (exact) mass is 565 g/mol. The van der Waals surface area contributed by atoms with Crippen molar-refractivity contribution in [2.45, 2.75) is 31.0 Å². The molecule has 6 atom stereocenters. The molecule has 0 bridgehead atoms. The number of carbonyl (C=O) groups is 5. The second-order valence-corrected chi connectivity index (χ2v) is 11.3. The van der Waals surface area contributed by atoms with E-state index in [9.17, 15) is 38.6 Å². The zero-order valence-electron chi connectivity index (χ0n) is 22.7. The Labute approximate surface area is 235 Å². The topological polar surface area (TPSA) is 167 Å². The number of primary amides is 1. The van der Waals surface area contributed by atoms with Crippen LogP contribution in [0, 0.1) is 23.7 Å². The maximum absolute atomic E-state index is 13.9. The number of alkyl halides is 1. The highest BCUT2D eigenvalue weighted by molar-refractivity contribution is 6.32. The first-order chi connectivity index (χ1) is 19.4. The van der Waals surface area contributed by atoms with Crippen molar-refractivity contribution in [2.24, 2.45) is 29.4 Å². The number of carbonyl (C=O) groups excluding carboxylic acids is 5. The summed E-state index contributed by atoms with van der Waals surface area (Å²) in [6, 6.07) is 9.34. The van der Waals surface area contributed by atoms with Crippen LogP contribution in [0.3, 0.4) is 0 Å². The van der Waals surface area contributed by atoms with Crippen molar-refractivity contribution in [3.05, 3.63) is 53.1 Å². The normalized spacial score (nSPS) is 29.2.